The van der Waals surface area contributed by atoms with Gasteiger partial charge < -0.3 is 4.98 Å². The first kappa shape index (κ1) is 12.5. The zero-order valence-corrected chi connectivity index (χ0v) is 10.6. The van der Waals surface area contributed by atoms with Gasteiger partial charge in [0.1, 0.15) is 17.3 Å². The van der Waals surface area contributed by atoms with E-state index in [0.717, 1.165) is 17.7 Å². The number of aryl methyl sites for hydroxylation is 1. The van der Waals surface area contributed by atoms with E-state index in [1.54, 1.807) is 12.3 Å². The molecule has 3 nitrogen and oxygen atoms in total. The van der Waals surface area contributed by atoms with Gasteiger partial charge >= 0.3 is 0 Å². The Bertz CT molecular complexity index is 804. The van der Waals surface area contributed by atoms with Crippen molar-refractivity contribution in [2.45, 2.75) is 6.92 Å². The van der Waals surface area contributed by atoms with Crippen molar-refractivity contribution in [2.75, 3.05) is 0 Å². The molecule has 1 N–H and O–H groups in total. The molecule has 0 radical (unpaired) electrons. The summed E-state index contributed by atoms with van der Waals surface area (Å²) in [5.41, 5.74) is 1.03. The number of halogens is 2. The Morgan fingerprint density at radius 1 is 1.25 bits per heavy atom. The van der Waals surface area contributed by atoms with E-state index in [1.165, 1.54) is 12.3 Å². The molecule has 100 valence electrons. The number of carbonyl (C=O) groups excluding carboxylic acids is 1. The number of H-pyrrole nitrogens is 1. The highest BCUT2D eigenvalue weighted by Crippen LogP contribution is 2.23. The molecule has 0 bridgehead atoms. The third kappa shape index (κ3) is 1.87. The second-order valence-electron chi connectivity index (χ2n) is 4.54. The van der Waals surface area contributed by atoms with Crippen LogP contribution in [-0.2, 0) is 0 Å². The van der Waals surface area contributed by atoms with Gasteiger partial charge in [-0.3, -0.25) is 4.79 Å². The smallest absolute Gasteiger partial charge is 0.201 e. The van der Waals surface area contributed by atoms with Gasteiger partial charge in [0.25, 0.3) is 0 Å². The molecule has 2 heterocycles. The Labute approximate surface area is 113 Å². The van der Waals surface area contributed by atoms with Crippen LogP contribution in [-0.4, -0.2) is 15.8 Å². The van der Waals surface area contributed by atoms with E-state index in [0.29, 0.717) is 11.0 Å². The number of fused-ring (bicyclic) bond motifs is 1. The lowest BCUT2D eigenvalue weighted by Crippen LogP contribution is -2.06. The molecule has 3 rings (SSSR count). The number of rotatable bonds is 2. The summed E-state index contributed by atoms with van der Waals surface area (Å²) in [7, 11) is 0. The SMILES string of the molecule is Cc1cnc2[nH]cc(C(=O)c3c(F)cccc3F)c2c1. The summed E-state index contributed by atoms with van der Waals surface area (Å²) in [6, 6.07) is 5.11. The number of carbonyl (C=O) groups is 1. The zero-order valence-electron chi connectivity index (χ0n) is 10.6. The second-order valence-corrected chi connectivity index (χ2v) is 4.54. The number of aromatic nitrogens is 2. The molecule has 0 saturated heterocycles. The number of benzene rings is 1. The monoisotopic (exact) mass is 272 g/mol. The van der Waals surface area contributed by atoms with Crippen molar-refractivity contribution in [2.24, 2.45) is 0 Å². The second kappa shape index (κ2) is 4.52. The third-order valence-electron chi connectivity index (χ3n) is 3.10. The Morgan fingerprint density at radius 3 is 2.65 bits per heavy atom. The van der Waals surface area contributed by atoms with Crippen LogP contribution < -0.4 is 0 Å². The summed E-state index contributed by atoms with van der Waals surface area (Å²) in [6.45, 7) is 1.83. The molecule has 2 aromatic heterocycles. The lowest BCUT2D eigenvalue weighted by Gasteiger charge is -2.03. The minimum absolute atomic E-state index is 0.209. The molecule has 0 aliphatic carbocycles. The molecule has 0 amide bonds. The molecule has 0 aliphatic heterocycles. The van der Waals surface area contributed by atoms with Crippen LogP contribution in [0.25, 0.3) is 11.0 Å². The van der Waals surface area contributed by atoms with Crippen LogP contribution in [0.3, 0.4) is 0 Å². The minimum Gasteiger partial charge on any atom is -0.345 e. The largest absolute Gasteiger partial charge is 0.345 e. The molecule has 20 heavy (non-hydrogen) atoms. The van der Waals surface area contributed by atoms with Crippen LogP contribution in [0.1, 0.15) is 21.5 Å². The predicted molar refractivity (Wildman–Crippen MR) is 70.6 cm³/mol. The summed E-state index contributed by atoms with van der Waals surface area (Å²) >= 11 is 0. The minimum atomic E-state index is -0.870. The van der Waals surface area contributed by atoms with Gasteiger partial charge in [0.2, 0.25) is 5.78 Å². The average molecular weight is 272 g/mol. The molecule has 0 spiro atoms. The number of ketones is 1. The number of hydrogen-bond acceptors (Lipinski definition) is 2. The van der Waals surface area contributed by atoms with Gasteiger partial charge in [-0.1, -0.05) is 6.07 Å². The van der Waals surface area contributed by atoms with Crippen molar-refractivity contribution in [1.29, 1.82) is 0 Å². The van der Waals surface area contributed by atoms with Crippen LogP contribution in [0.5, 0.6) is 0 Å². The molecular weight excluding hydrogens is 262 g/mol. The van der Waals surface area contributed by atoms with Crippen molar-refractivity contribution < 1.29 is 13.6 Å². The molecule has 0 aliphatic rings. The molecule has 0 fully saturated rings. The molecule has 0 atom stereocenters. The van der Waals surface area contributed by atoms with Crippen LogP contribution in [0, 0.1) is 18.6 Å². The van der Waals surface area contributed by atoms with Gasteiger partial charge in [-0.15, -0.1) is 0 Å². The van der Waals surface area contributed by atoms with Crippen molar-refractivity contribution in [3.8, 4) is 0 Å². The van der Waals surface area contributed by atoms with Crippen molar-refractivity contribution in [1.82, 2.24) is 9.97 Å². The van der Waals surface area contributed by atoms with Crippen LogP contribution in [0.2, 0.25) is 0 Å². The summed E-state index contributed by atoms with van der Waals surface area (Å²) in [4.78, 5) is 19.3. The van der Waals surface area contributed by atoms with E-state index >= 15 is 0 Å². The van der Waals surface area contributed by atoms with Crippen LogP contribution >= 0.6 is 0 Å². The van der Waals surface area contributed by atoms with Crippen LogP contribution in [0.15, 0.2) is 36.7 Å². The molecule has 0 unspecified atom stereocenters. The lowest BCUT2D eigenvalue weighted by molar-refractivity contribution is 0.103. The fourth-order valence-electron chi connectivity index (χ4n) is 2.15. The zero-order chi connectivity index (χ0) is 14.3. The van der Waals surface area contributed by atoms with E-state index < -0.39 is 23.0 Å². The maximum Gasteiger partial charge on any atom is 0.201 e. The topological polar surface area (TPSA) is 45.8 Å². The summed E-state index contributed by atoms with van der Waals surface area (Å²) in [6.07, 6.45) is 3.07. The third-order valence-corrected chi connectivity index (χ3v) is 3.10. The van der Waals surface area contributed by atoms with Crippen molar-refractivity contribution in [3.05, 3.63) is 65.0 Å². The van der Waals surface area contributed by atoms with E-state index in [4.69, 9.17) is 0 Å². The number of aromatic amines is 1. The molecule has 3 aromatic rings. The number of pyridine rings is 1. The Kier molecular flexibility index (Phi) is 2.82. The Hall–Kier alpha value is -2.56. The first-order chi connectivity index (χ1) is 9.58. The highest BCUT2D eigenvalue weighted by molar-refractivity contribution is 6.16. The van der Waals surface area contributed by atoms with Crippen molar-refractivity contribution >= 4 is 16.8 Å². The van der Waals surface area contributed by atoms with E-state index in [2.05, 4.69) is 9.97 Å². The fourth-order valence-corrected chi connectivity index (χ4v) is 2.15. The predicted octanol–water partition coefficient (Wildman–Crippen LogP) is 3.38. The van der Waals surface area contributed by atoms with E-state index in [9.17, 15) is 13.6 Å². The Balaban J connectivity index is 2.21. The first-order valence-electron chi connectivity index (χ1n) is 6.00. The van der Waals surface area contributed by atoms with Gasteiger partial charge in [-0.05, 0) is 30.7 Å². The van der Waals surface area contributed by atoms with Crippen LogP contribution in [0.4, 0.5) is 8.78 Å². The maximum absolute atomic E-state index is 13.7. The fraction of sp³-hybridized carbons (Fsp3) is 0.0667. The molecule has 0 saturated carbocycles. The molecule has 5 heteroatoms. The van der Waals surface area contributed by atoms with Gasteiger partial charge in [-0.25, -0.2) is 13.8 Å². The molecule has 1 aromatic carbocycles. The van der Waals surface area contributed by atoms with Gasteiger partial charge in [0.15, 0.2) is 0 Å². The first-order valence-corrected chi connectivity index (χ1v) is 6.00. The lowest BCUT2D eigenvalue weighted by atomic mass is 10.0. The van der Waals surface area contributed by atoms with E-state index in [-0.39, 0.29) is 5.56 Å². The number of nitrogens with one attached hydrogen (secondary N) is 1. The van der Waals surface area contributed by atoms with Gasteiger partial charge in [-0.2, -0.15) is 0 Å². The summed E-state index contributed by atoms with van der Waals surface area (Å²) in [5.74, 6) is -2.44. The Morgan fingerprint density at radius 2 is 1.95 bits per heavy atom. The van der Waals surface area contributed by atoms with Crippen molar-refractivity contribution in [3.63, 3.8) is 0 Å². The highest BCUT2D eigenvalue weighted by atomic mass is 19.1. The van der Waals surface area contributed by atoms with E-state index in [1.807, 2.05) is 6.92 Å². The highest BCUT2D eigenvalue weighted by Gasteiger charge is 2.21. The standard InChI is InChI=1S/C15H10F2N2O/c1-8-5-9-10(7-19-15(9)18-6-8)14(20)13-11(16)3-2-4-12(13)17/h2-7H,1H3,(H,18,19). The normalized spacial score (nSPS) is 10.9. The number of nitrogens with zero attached hydrogens (tertiary/aromatic N) is 1. The van der Waals surface area contributed by atoms with Gasteiger partial charge in [0, 0.05) is 23.3 Å². The van der Waals surface area contributed by atoms with Gasteiger partial charge in [0.05, 0.1) is 5.56 Å². The molecular formula is C15H10F2N2O. The average Bonchev–Trinajstić information content (AvgIpc) is 2.81. The maximum atomic E-state index is 13.7. The summed E-state index contributed by atoms with van der Waals surface area (Å²) < 4.78 is 27.4. The quantitative estimate of drug-likeness (QED) is 0.727. The summed E-state index contributed by atoms with van der Waals surface area (Å²) in [5, 5.41) is 0.553. The number of hydrogen-bond donors (Lipinski definition) is 1.